The van der Waals surface area contributed by atoms with Crippen LogP contribution in [0.25, 0.3) is 0 Å². The van der Waals surface area contributed by atoms with E-state index in [1.165, 1.54) is 5.56 Å². The molecule has 1 aromatic rings. The predicted octanol–water partition coefficient (Wildman–Crippen LogP) is 2.78. The molecular weight excluding hydrogens is 210 g/mol. The van der Waals surface area contributed by atoms with Crippen molar-refractivity contribution >= 4 is 0 Å². The first-order valence-corrected chi connectivity index (χ1v) is 6.64. The lowest BCUT2D eigenvalue weighted by molar-refractivity contribution is -0.109. The molecule has 0 spiro atoms. The number of nitrogens with one attached hydrogen (secondary N) is 1. The van der Waals surface area contributed by atoms with Crippen molar-refractivity contribution in [3.8, 4) is 0 Å². The van der Waals surface area contributed by atoms with Gasteiger partial charge in [-0.05, 0) is 31.7 Å². The van der Waals surface area contributed by atoms with E-state index in [2.05, 4.69) is 49.5 Å². The number of aryl methyl sites for hydroxylation is 1. The quantitative estimate of drug-likeness (QED) is 0.863. The van der Waals surface area contributed by atoms with Crippen molar-refractivity contribution in [1.82, 2.24) is 5.32 Å². The van der Waals surface area contributed by atoms with Gasteiger partial charge in [-0.15, -0.1) is 0 Å². The highest BCUT2D eigenvalue weighted by molar-refractivity contribution is 5.14. The van der Waals surface area contributed by atoms with Gasteiger partial charge in [0.1, 0.15) is 0 Å². The second-order valence-corrected chi connectivity index (χ2v) is 5.20. The second-order valence-electron chi connectivity index (χ2n) is 5.20. The molecule has 2 atom stereocenters. The monoisotopic (exact) mass is 233 g/mol. The summed E-state index contributed by atoms with van der Waals surface area (Å²) in [5, 5.41) is 3.49. The van der Waals surface area contributed by atoms with Crippen LogP contribution in [-0.4, -0.2) is 24.8 Å². The van der Waals surface area contributed by atoms with Crippen LogP contribution in [0, 0.1) is 0 Å². The van der Waals surface area contributed by atoms with Crippen LogP contribution in [-0.2, 0) is 11.2 Å². The van der Waals surface area contributed by atoms with E-state index in [9.17, 15) is 0 Å². The summed E-state index contributed by atoms with van der Waals surface area (Å²) in [5.74, 6) is 0. The molecule has 0 bridgehead atoms. The van der Waals surface area contributed by atoms with E-state index in [1.54, 1.807) is 0 Å². The summed E-state index contributed by atoms with van der Waals surface area (Å²) in [4.78, 5) is 0. The fourth-order valence-corrected chi connectivity index (χ4v) is 2.32. The lowest BCUT2D eigenvalue weighted by Gasteiger charge is -2.39. The summed E-state index contributed by atoms with van der Waals surface area (Å²) in [5.41, 5.74) is 1.43. The van der Waals surface area contributed by atoms with Crippen LogP contribution in [0.4, 0.5) is 0 Å². The van der Waals surface area contributed by atoms with Crippen molar-refractivity contribution in [3.05, 3.63) is 35.9 Å². The largest absolute Gasteiger partial charge is 0.369 e. The van der Waals surface area contributed by atoms with E-state index in [0.717, 1.165) is 32.4 Å². The first-order valence-electron chi connectivity index (χ1n) is 6.64. The Balaban J connectivity index is 1.83. The maximum Gasteiger partial charge on any atom is 0.0780 e. The number of hydrogen-bond acceptors (Lipinski definition) is 2. The van der Waals surface area contributed by atoms with Crippen LogP contribution in [0.1, 0.15) is 32.3 Å². The van der Waals surface area contributed by atoms with Gasteiger partial charge in [0.25, 0.3) is 0 Å². The predicted molar refractivity (Wildman–Crippen MR) is 71.2 cm³/mol. The summed E-state index contributed by atoms with van der Waals surface area (Å²) in [6.45, 7) is 6.36. The zero-order chi connectivity index (χ0) is 12.1. The third-order valence-corrected chi connectivity index (χ3v) is 3.67. The lowest BCUT2D eigenvalue weighted by Crippen LogP contribution is -2.51. The number of morpholine rings is 1. The molecule has 1 aliphatic rings. The van der Waals surface area contributed by atoms with E-state index < -0.39 is 0 Å². The molecule has 1 aliphatic heterocycles. The van der Waals surface area contributed by atoms with Crippen molar-refractivity contribution < 1.29 is 4.74 Å². The highest BCUT2D eigenvalue weighted by Gasteiger charge is 2.30. The lowest BCUT2D eigenvalue weighted by atomic mass is 9.99. The van der Waals surface area contributed by atoms with Gasteiger partial charge in [0.15, 0.2) is 0 Å². The van der Waals surface area contributed by atoms with E-state index in [4.69, 9.17) is 4.74 Å². The third kappa shape index (κ3) is 3.55. The highest BCUT2D eigenvalue weighted by Crippen LogP contribution is 2.22. The fourth-order valence-electron chi connectivity index (χ4n) is 2.32. The normalized spacial score (nSPS) is 29.2. The Labute approximate surface area is 104 Å². The molecule has 1 aromatic carbocycles. The maximum absolute atomic E-state index is 6.18. The summed E-state index contributed by atoms with van der Waals surface area (Å²) in [7, 11) is 0. The Morgan fingerprint density at radius 3 is 2.82 bits per heavy atom. The van der Waals surface area contributed by atoms with Gasteiger partial charge in [-0.3, -0.25) is 0 Å². The van der Waals surface area contributed by atoms with Crippen LogP contribution >= 0.6 is 0 Å². The van der Waals surface area contributed by atoms with E-state index in [1.807, 2.05) is 0 Å². The molecule has 94 valence electrons. The topological polar surface area (TPSA) is 21.3 Å². The van der Waals surface area contributed by atoms with Crippen LogP contribution in [0.2, 0.25) is 0 Å². The summed E-state index contributed by atoms with van der Waals surface area (Å²) >= 11 is 0. The minimum Gasteiger partial charge on any atom is -0.369 e. The molecule has 2 heteroatoms. The van der Waals surface area contributed by atoms with Crippen LogP contribution in [0.15, 0.2) is 30.3 Å². The number of rotatable bonds is 4. The van der Waals surface area contributed by atoms with E-state index in [0.29, 0.717) is 6.10 Å². The molecule has 1 N–H and O–H groups in total. The molecule has 0 saturated carbocycles. The van der Waals surface area contributed by atoms with Crippen molar-refractivity contribution in [2.75, 3.05) is 13.1 Å². The van der Waals surface area contributed by atoms with Crippen molar-refractivity contribution in [3.63, 3.8) is 0 Å². The molecule has 0 radical (unpaired) electrons. The molecular formula is C15H23NO. The van der Waals surface area contributed by atoms with E-state index in [-0.39, 0.29) is 5.60 Å². The molecule has 0 amide bonds. The Bertz CT molecular complexity index is 338. The SMILES string of the molecule is CCC1(C)CNCC(CCc2ccccc2)O1. The van der Waals surface area contributed by atoms with Gasteiger partial charge in [0.05, 0.1) is 11.7 Å². The van der Waals surface area contributed by atoms with Gasteiger partial charge in [-0.2, -0.15) is 0 Å². The van der Waals surface area contributed by atoms with Gasteiger partial charge in [0, 0.05) is 13.1 Å². The zero-order valence-corrected chi connectivity index (χ0v) is 10.9. The van der Waals surface area contributed by atoms with Crippen LogP contribution in [0.5, 0.6) is 0 Å². The molecule has 1 saturated heterocycles. The number of benzene rings is 1. The Kier molecular flexibility index (Phi) is 4.19. The highest BCUT2D eigenvalue weighted by atomic mass is 16.5. The van der Waals surface area contributed by atoms with Crippen molar-refractivity contribution in [2.45, 2.75) is 44.8 Å². The van der Waals surface area contributed by atoms with Gasteiger partial charge >= 0.3 is 0 Å². The molecule has 2 nitrogen and oxygen atoms in total. The minimum absolute atomic E-state index is 0.0274. The fraction of sp³-hybridized carbons (Fsp3) is 0.600. The summed E-state index contributed by atoms with van der Waals surface area (Å²) < 4.78 is 6.18. The van der Waals surface area contributed by atoms with Gasteiger partial charge in [0.2, 0.25) is 0 Å². The Morgan fingerprint density at radius 1 is 1.35 bits per heavy atom. The molecule has 2 rings (SSSR count). The molecule has 0 aromatic heterocycles. The molecule has 0 aliphatic carbocycles. The number of hydrogen-bond donors (Lipinski definition) is 1. The van der Waals surface area contributed by atoms with Crippen LogP contribution in [0.3, 0.4) is 0 Å². The van der Waals surface area contributed by atoms with Crippen molar-refractivity contribution in [1.29, 1.82) is 0 Å². The summed E-state index contributed by atoms with van der Waals surface area (Å²) in [6.07, 6.45) is 3.63. The first kappa shape index (κ1) is 12.6. The first-order chi connectivity index (χ1) is 8.22. The molecule has 1 heterocycles. The average Bonchev–Trinajstić information content (AvgIpc) is 2.38. The Morgan fingerprint density at radius 2 is 2.12 bits per heavy atom. The maximum atomic E-state index is 6.18. The van der Waals surface area contributed by atoms with Gasteiger partial charge in [-0.1, -0.05) is 37.3 Å². The third-order valence-electron chi connectivity index (χ3n) is 3.67. The summed E-state index contributed by atoms with van der Waals surface area (Å²) in [6, 6.07) is 10.7. The van der Waals surface area contributed by atoms with Gasteiger partial charge in [-0.25, -0.2) is 0 Å². The molecule has 1 fully saturated rings. The minimum atomic E-state index is 0.0274. The molecule has 17 heavy (non-hydrogen) atoms. The number of ether oxygens (including phenoxy) is 1. The average molecular weight is 233 g/mol. The Hall–Kier alpha value is -0.860. The second kappa shape index (κ2) is 5.65. The smallest absolute Gasteiger partial charge is 0.0780 e. The van der Waals surface area contributed by atoms with E-state index >= 15 is 0 Å². The van der Waals surface area contributed by atoms with Crippen LogP contribution < -0.4 is 5.32 Å². The standard InChI is InChI=1S/C15H23NO/c1-3-15(2)12-16-11-14(17-15)10-9-13-7-5-4-6-8-13/h4-8,14,16H,3,9-12H2,1-2H3. The molecule has 2 unspecified atom stereocenters. The van der Waals surface area contributed by atoms with Crippen molar-refractivity contribution in [2.24, 2.45) is 0 Å². The zero-order valence-electron chi connectivity index (χ0n) is 10.9. The van der Waals surface area contributed by atoms with Gasteiger partial charge < -0.3 is 10.1 Å².